The zero-order valence-corrected chi connectivity index (χ0v) is 20.1. The number of piperidine rings is 1. The molecule has 1 atom stereocenters. The Morgan fingerprint density at radius 2 is 1.69 bits per heavy atom. The molecule has 1 aliphatic heterocycles. The SMILES string of the molecule is O=C(NC(c1ccc(F)cc1)c1ccc2ccccc2n1)C1CCN(Cc2ccc(Cl)cc2)CC1. The molecule has 1 saturated heterocycles. The van der Waals surface area contributed by atoms with E-state index < -0.39 is 6.04 Å². The van der Waals surface area contributed by atoms with Crippen LogP contribution in [0.4, 0.5) is 4.39 Å². The van der Waals surface area contributed by atoms with Crippen molar-refractivity contribution in [2.24, 2.45) is 5.92 Å². The number of nitrogens with zero attached hydrogens (tertiary/aromatic N) is 2. The average Bonchev–Trinajstić information content (AvgIpc) is 2.89. The van der Waals surface area contributed by atoms with Crippen molar-refractivity contribution >= 4 is 28.4 Å². The molecule has 0 aliphatic carbocycles. The Balaban J connectivity index is 1.29. The van der Waals surface area contributed by atoms with Gasteiger partial charge in [0, 0.05) is 22.9 Å². The highest BCUT2D eigenvalue weighted by atomic mass is 35.5. The van der Waals surface area contributed by atoms with Crippen LogP contribution < -0.4 is 5.32 Å². The Morgan fingerprint density at radius 3 is 2.43 bits per heavy atom. The second-order valence-corrected chi connectivity index (χ2v) is 9.54. The number of halogens is 2. The number of aromatic nitrogens is 1. The van der Waals surface area contributed by atoms with Crippen LogP contribution in [0.5, 0.6) is 0 Å². The van der Waals surface area contributed by atoms with Crippen LogP contribution in [0.25, 0.3) is 10.9 Å². The lowest BCUT2D eigenvalue weighted by molar-refractivity contribution is -0.127. The number of rotatable bonds is 6. The van der Waals surface area contributed by atoms with Gasteiger partial charge in [0.05, 0.1) is 17.3 Å². The lowest BCUT2D eigenvalue weighted by Gasteiger charge is -2.32. The van der Waals surface area contributed by atoms with Crippen LogP contribution in [0.2, 0.25) is 5.02 Å². The lowest BCUT2D eigenvalue weighted by atomic mass is 9.94. The van der Waals surface area contributed by atoms with E-state index in [2.05, 4.69) is 10.2 Å². The van der Waals surface area contributed by atoms with E-state index in [0.29, 0.717) is 0 Å². The number of carbonyl (C=O) groups is 1. The van der Waals surface area contributed by atoms with Gasteiger partial charge in [0.2, 0.25) is 5.91 Å². The first-order valence-electron chi connectivity index (χ1n) is 11.9. The maximum Gasteiger partial charge on any atom is 0.224 e. The first-order chi connectivity index (χ1) is 17.0. The number of nitrogens with one attached hydrogen (secondary N) is 1. The standard InChI is InChI=1S/C29H27ClFN3O/c30-24-10-5-20(6-11-24)19-34-17-15-23(16-18-34)29(35)33-28(22-7-12-25(31)13-8-22)27-14-9-21-3-1-2-4-26(21)32-27/h1-14,23,28H,15-19H2,(H,33,35). The smallest absolute Gasteiger partial charge is 0.224 e. The summed E-state index contributed by atoms with van der Waals surface area (Å²) in [4.78, 5) is 20.5. The third-order valence-corrected chi connectivity index (χ3v) is 6.94. The fraction of sp³-hybridized carbons (Fsp3) is 0.241. The first kappa shape index (κ1) is 23.5. The van der Waals surface area contributed by atoms with Crippen LogP contribution in [-0.2, 0) is 11.3 Å². The second-order valence-electron chi connectivity index (χ2n) is 9.10. The molecule has 4 aromatic rings. The number of para-hydroxylation sites is 1. The molecule has 0 bridgehead atoms. The van der Waals surface area contributed by atoms with Crippen molar-refractivity contribution in [2.45, 2.75) is 25.4 Å². The van der Waals surface area contributed by atoms with E-state index in [1.165, 1.54) is 17.7 Å². The highest BCUT2D eigenvalue weighted by Crippen LogP contribution is 2.26. The maximum atomic E-state index is 13.6. The Kier molecular flexibility index (Phi) is 7.07. The predicted molar refractivity (Wildman–Crippen MR) is 138 cm³/mol. The summed E-state index contributed by atoms with van der Waals surface area (Å²) in [5, 5.41) is 4.99. The van der Waals surface area contributed by atoms with Gasteiger partial charge in [0.15, 0.2) is 0 Å². The molecule has 35 heavy (non-hydrogen) atoms. The largest absolute Gasteiger partial charge is 0.343 e. The van der Waals surface area contributed by atoms with Gasteiger partial charge in [0.1, 0.15) is 5.82 Å². The maximum absolute atomic E-state index is 13.6. The molecule has 0 radical (unpaired) electrons. The van der Waals surface area contributed by atoms with Gasteiger partial charge in [-0.2, -0.15) is 0 Å². The number of carbonyl (C=O) groups excluding carboxylic acids is 1. The van der Waals surface area contributed by atoms with Crippen LogP contribution in [0.3, 0.4) is 0 Å². The molecule has 1 N–H and O–H groups in total. The molecule has 3 aromatic carbocycles. The zero-order valence-electron chi connectivity index (χ0n) is 19.3. The van der Waals surface area contributed by atoms with E-state index in [1.54, 1.807) is 12.1 Å². The Hall–Kier alpha value is -3.28. The molecule has 0 spiro atoms. The summed E-state index contributed by atoms with van der Waals surface area (Å²) < 4.78 is 13.6. The topological polar surface area (TPSA) is 45.2 Å². The van der Waals surface area contributed by atoms with E-state index >= 15 is 0 Å². The third-order valence-electron chi connectivity index (χ3n) is 6.68. The fourth-order valence-electron chi connectivity index (χ4n) is 4.69. The van der Waals surface area contributed by atoms with Crippen molar-refractivity contribution in [1.82, 2.24) is 15.2 Å². The Bertz CT molecular complexity index is 1300. The molecule has 6 heteroatoms. The van der Waals surface area contributed by atoms with Gasteiger partial charge in [-0.25, -0.2) is 4.39 Å². The Morgan fingerprint density at radius 1 is 0.971 bits per heavy atom. The van der Waals surface area contributed by atoms with Crippen LogP contribution in [0.15, 0.2) is 84.9 Å². The minimum atomic E-state index is -0.445. The molecule has 1 amide bonds. The number of likely N-dealkylation sites (tertiary alicyclic amines) is 1. The highest BCUT2D eigenvalue weighted by molar-refractivity contribution is 6.30. The molecule has 1 aromatic heterocycles. The number of hydrogen-bond donors (Lipinski definition) is 1. The molecule has 5 rings (SSSR count). The van der Waals surface area contributed by atoms with Crippen molar-refractivity contribution in [3.05, 3.63) is 113 Å². The Labute approximate surface area is 209 Å². The molecular formula is C29H27ClFN3O. The van der Waals surface area contributed by atoms with E-state index in [0.717, 1.165) is 59.7 Å². The van der Waals surface area contributed by atoms with Crippen LogP contribution in [0.1, 0.15) is 35.7 Å². The second kappa shape index (κ2) is 10.5. The molecule has 2 heterocycles. The summed E-state index contributed by atoms with van der Waals surface area (Å²) in [6, 6.07) is 25.6. The van der Waals surface area contributed by atoms with Crippen molar-refractivity contribution in [2.75, 3.05) is 13.1 Å². The lowest BCUT2D eigenvalue weighted by Crippen LogP contribution is -2.41. The number of hydrogen-bond acceptors (Lipinski definition) is 3. The first-order valence-corrected chi connectivity index (χ1v) is 12.3. The molecule has 0 saturated carbocycles. The van der Waals surface area contributed by atoms with Crippen LogP contribution in [-0.4, -0.2) is 28.9 Å². The van der Waals surface area contributed by atoms with E-state index in [4.69, 9.17) is 16.6 Å². The van der Waals surface area contributed by atoms with E-state index in [-0.39, 0.29) is 17.6 Å². The van der Waals surface area contributed by atoms with Crippen LogP contribution in [0, 0.1) is 11.7 Å². The highest BCUT2D eigenvalue weighted by Gasteiger charge is 2.28. The fourth-order valence-corrected chi connectivity index (χ4v) is 4.81. The number of amides is 1. The van der Waals surface area contributed by atoms with Gasteiger partial charge >= 0.3 is 0 Å². The van der Waals surface area contributed by atoms with Crippen molar-refractivity contribution in [3.8, 4) is 0 Å². The molecule has 1 unspecified atom stereocenters. The minimum absolute atomic E-state index is 0.0143. The molecule has 1 fully saturated rings. The average molecular weight is 488 g/mol. The van der Waals surface area contributed by atoms with Gasteiger partial charge in [-0.05, 0) is 73.5 Å². The van der Waals surface area contributed by atoms with Gasteiger partial charge in [-0.15, -0.1) is 0 Å². The summed E-state index contributed by atoms with van der Waals surface area (Å²) in [7, 11) is 0. The number of benzene rings is 3. The monoisotopic (exact) mass is 487 g/mol. The van der Waals surface area contributed by atoms with Gasteiger partial charge in [-0.1, -0.05) is 60.1 Å². The number of fused-ring (bicyclic) bond motifs is 1. The molecule has 4 nitrogen and oxygen atoms in total. The van der Waals surface area contributed by atoms with Crippen LogP contribution >= 0.6 is 11.6 Å². The summed E-state index contributed by atoms with van der Waals surface area (Å²) in [6.07, 6.45) is 1.58. The normalized spacial score (nSPS) is 15.7. The van der Waals surface area contributed by atoms with Crippen molar-refractivity contribution < 1.29 is 9.18 Å². The van der Waals surface area contributed by atoms with E-state index in [1.807, 2.05) is 60.7 Å². The third kappa shape index (κ3) is 5.69. The van der Waals surface area contributed by atoms with E-state index in [9.17, 15) is 9.18 Å². The van der Waals surface area contributed by atoms with Crippen molar-refractivity contribution in [1.29, 1.82) is 0 Å². The van der Waals surface area contributed by atoms with Gasteiger partial charge in [-0.3, -0.25) is 14.7 Å². The van der Waals surface area contributed by atoms with Crippen molar-refractivity contribution in [3.63, 3.8) is 0 Å². The van der Waals surface area contributed by atoms with Gasteiger partial charge < -0.3 is 5.32 Å². The number of pyridine rings is 1. The molecular weight excluding hydrogens is 461 g/mol. The summed E-state index contributed by atoms with van der Waals surface area (Å²) in [5.41, 5.74) is 3.63. The molecule has 1 aliphatic rings. The summed E-state index contributed by atoms with van der Waals surface area (Å²) in [5.74, 6) is -0.362. The molecule has 178 valence electrons. The minimum Gasteiger partial charge on any atom is -0.343 e. The summed E-state index contributed by atoms with van der Waals surface area (Å²) in [6.45, 7) is 2.57. The zero-order chi connectivity index (χ0) is 24.2. The van der Waals surface area contributed by atoms with Gasteiger partial charge in [0.25, 0.3) is 0 Å². The quantitative estimate of drug-likeness (QED) is 0.355. The predicted octanol–water partition coefficient (Wildman–Crippen LogP) is 6.15. The summed E-state index contributed by atoms with van der Waals surface area (Å²) >= 11 is 5.99.